The second-order valence-corrected chi connectivity index (χ2v) is 32.1. The van der Waals surface area contributed by atoms with Crippen LogP contribution >= 0.6 is 37.0 Å². The number of hydrogen-bond donors (Lipinski definition) is 25. The highest BCUT2D eigenvalue weighted by molar-refractivity contribution is 7.98. The van der Waals surface area contributed by atoms with E-state index in [4.69, 9.17) is 16.6 Å². The van der Waals surface area contributed by atoms with Gasteiger partial charge in [-0.25, -0.2) is 4.79 Å². The molecular weight excluding hydrogens is 1660 g/mol. The summed E-state index contributed by atoms with van der Waals surface area (Å²) in [5.41, 5.74) is 11.5. The highest BCUT2D eigenvalue weighted by Gasteiger charge is 2.41. The zero-order valence-electron chi connectivity index (χ0n) is 68.8. The van der Waals surface area contributed by atoms with Crippen molar-refractivity contribution >= 4 is 161 Å². The van der Waals surface area contributed by atoms with Crippen molar-refractivity contribution in [3.05, 3.63) is 29.8 Å². The van der Waals surface area contributed by atoms with Crippen molar-refractivity contribution in [2.24, 2.45) is 41.1 Å². The largest absolute Gasteiger partial charge is 0.508 e. The number of nitrogens with two attached hydrogens (primary N) is 2. The van der Waals surface area contributed by atoms with Crippen LogP contribution in [-0.4, -0.2) is 274 Å². The van der Waals surface area contributed by atoms with E-state index in [1.807, 2.05) is 5.32 Å². The van der Waals surface area contributed by atoms with Crippen LogP contribution in [0.15, 0.2) is 24.3 Å². The molecule has 1 rings (SSSR count). The van der Waals surface area contributed by atoms with Crippen LogP contribution in [0.5, 0.6) is 5.75 Å². The van der Waals surface area contributed by atoms with E-state index in [1.54, 1.807) is 47.8 Å². The number of thiol groups is 2. The van der Waals surface area contributed by atoms with Gasteiger partial charge >= 0.3 is 35.8 Å². The van der Waals surface area contributed by atoms with Gasteiger partial charge in [0.2, 0.25) is 88.6 Å². The molecule has 15 atom stereocenters. The van der Waals surface area contributed by atoms with Crippen molar-refractivity contribution in [2.45, 2.75) is 243 Å². The van der Waals surface area contributed by atoms with Crippen molar-refractivity contribution < 1.29 is 136 Å². The number of nitrogens with one attached hydrogen (secondary N) is 14. The average Bonchev–Trinajstić information content (AvgIpc) is 0.838. The molecule has 1 aromatic carbocycles. The van der Waals surface area contributed by atoms with E-state index >= 15 is 0 Å². The van der Waals surface area contributed by atoms with Gasteiger partial charge < -0.3 is 122 Å². The predicted octanol–water partition coefficient (Wildman–Crippen LogP) is -4.77. The summed E-state index contributed by atoms with van der Waals surface area (Å²) in [6.45, 7) is 15.7. The third kappa shape index (κ3) is 41.6. The fourth-order valence-corrected chi connectivity index (χ4v) is 12.4. The molecule has 0 aromatic heterocycles. The Kier molecular flexibility index (Phi) is 48.4. The number of carbonyl (C=O) groups excluding carboxylic acids is 15. The number of thioether (sulfide) groups is 1. The Balaban J connectivity index is 3.77. The smallest absolute Gasteiger partial charge is 0.327 e. The first-order valence-electron chi connectivity index (χ1n) is 38.4. The molecular formula is C74H116N16O28S3. The number of rotatable bonds is 58. The normalized spacial score (nSPS) is 14.9. The van der Waals surface area contributed by atoms with Gasteiger partial charge in [0.1, 0.15) is 90.3 Å². The molecule has 0 bridgehead atoms. The summed E-state index contributed by atoms with van der Waals surface area (Å²) in [6, 6.07) is -20.6. The summed E-state index contributed by atoms with van der Waals surface area (Å²) in [5.74, 6) is -30.9. The molecule has 0 aliphatic heterocycles. The number of primary amides is 1. The lowest BCUT2D eigenvalue weighted by molar-refractivity contribution is -0.143. The number of hydrogen-bond acceptors (Lipinski definition) is 26. The zero-order valence-corrected chi connectivity index (χ0v) is 71.4. The Morgan fingerprint density at radius 3 is 0.959 bits per heavy atom. The summed E-state index contributed by atoms with van der Waals surface area (Å²) < 4.78 is 0. The molecule has 0 aliphatic carbocycles. The molecule has 0 fully saturated rings. The highest BCUT2D eigenvalue weighted by atomic mass is 32.2. The van der Waals surface area contributed by atoms with Crippen molar-refractivity contribution in [3.8, 4) is 5.75 Å². The molecule has 15 amide bonds. The van der Waals surface area contributed by atoms with Crippen LogP contribution in [0.2, 0.25) is 0 Å². The van der Waals surface area contributed by atoms with Crippen molar-refractivity contribution in [1.82, 2.24) is 74.4 Å². The molecule has 1 aromatic rings. The lowest BCUT2D eigenvalue weighted by atomic mass is 9.98. The summed E-state index contributed by atoms with van der Waals surface area (Å²) in [6.07, 6.45) is -6.40. The fourth-order valence-electron chi connectivity index (χ4n) is 11.4. The summed E-state index contributed by atoms with van der Waals surface area (Å²) in [5, 5.41) is 101. The third-order valence-electron chi connectivity index (χ3n) is 17.7. The van der Waals surface area contributed by atoms with E-state index in [2.05, 4.69) is 94.4 Å². The minimum absolute atomic E-state index is 0.0862. The van der Waals surface area contributed by atoms with Gasteiger partial charge in [-0.15, -0.1) is 0 Å². The van der Waals surface area contributed by atoms with Crippen LogP contribution in [0.4, 0.5) is 0 Å². The van der Waals surface area contributed by atoms with Crippen molar-refractivity contribution in [1.29, 1.82) is 0 Å². The molecule has 0 saturated carbocycles. The molecule has 0 spiro atoms. The molecule has 0 aliphatic rings. The molecule has 25 N–H and O–H groups in total. The van der Waals surface area contributed by atoms with Gasteiger partial charge in [0, 0.05) is 30.8 Å². The van der Waals surface area contributed by atoms with Gasteiger partial charge in [-0.3, -0.25) is 95.9 Å². The maximum absolute atomic E-state index is 14.8. The van der Waals surface area contributed by atoms with Crippen molar-refractivity contribution in [3.63, 3.8) is 0 Å². The standard InChI is InChI=1S/C74H116N16O28S3/c1-32(2)22-42(63(106)78-41(20-21-121-11)61(104)84-48(28-56(99)100)70(113)88-51(31-120)74(117)118)79-64(107)43(23-33(3)4)80-66(109)45(25-37-12-14-38(91)15-13-37)82-65(108)44(24-34(5)6)81-69(112)49(29-57(101)102)86-72(115)59(36(9)10)90-62(105)40(17-19-54(95)96)77-68(111)47(27-55(97)98)85-67(110)46(26-52(76)92)83-71(114)50(30-119)87-73(116)58(35(7)8)89-60(103)39(75)16-18-53(93)94/h12-15,32-36,39-51,58-59,91,119-120H,16-31,75H2,1-11H3,(H2,76,92)(H,77,111)(H,78,106)(H,79,107)(H,80,109)(H,81,112)(H,82,108)(H,83,114)(H,84,104)(H,85,110)(H,86,115)(H,87,116)(H,88,113)(H,89,103)(H,90,105)(H,93,94)(H,95,96)(H,97,98)(H,99,100)(H,101,102)(H,117,118)/t39-,40-,41-,42-,43-,44-,45-,46-,47-,48-,49-,50-,51-,58-,59-/m0/s1. The van der Waals surface area contributed by atoms with E-state index in [9.17, 15) is 131 Å². The van der Waals surface area contributed by atoms with Gasteiger partial charge in [-0.1, -0.05) is 81.4 Å². The first-order valence-corrected chi connectivity index (χ1v) is 41.1. The monoisotopic (exact) mass is 1770 g/mol. The molecule has 47 heteroatoms. The molecule has 678 valence electrons. The number of carboxylic acids is 6. The van der Waals surface area contributed by atoms with Crippen LogP contribution < -0.4 is 85.9 Å². The number of aromatic hydroxyl groups is 1. The van der Waals surface area contributed by atoms with Crippen LogP contribution in [0.3, 0.4) is 0 Å². The number of carbonyl (C=O) groups is 21. The lowest BCUT2D eigenvalue weighted by Gasteiger charge is -2.29. The number of phenols is 1. The number of benzene rings is 1. The first-order chi connectivity index (χ1) is 56.3. The summed E-state index contributed by atoms with van der Waals surface area (Å²) in [7, 11) is 0. The van der Waals surface area contributed by atoms with E-state index in [1.165, 1.54) is 63.7 Å². The quantitative estimate of drug-likeness (QED) is 0.0272. The number of phenolic OH excluding ortho intramolecular Hbond substituents is 1. The Bertz CT molecular complexity index is 3820. The maximum atomic E-state index is 14.8. The highest BCUT2D eigenvalue weighted by Crippen LogP contribution is 2.18. The maximum Gasteiger partial charge on any atom is 0.327 e. The molecule has 121 heavy (non-hydrogen) atoms. The predicted molar refractivity (Wildman–Crippen MR) is 438 cm³/mol. The van der Waals surface area contributed by atoms with Gasteiger partial charge in [-0.05, 0) is 97.8 Å². The van der Waals surface area contributed by atoms with Crippen LogP contribution in [0.25, 0.3) is 0 Å². The summed E-state index contributed by atoms with van der Waals surface area (Å²) >= 11 is 9.23. The zero-order chi connectivity index (χ0) is 92.6. The van der Waals surface area contributed by atoms with E-state index < -0.39 is 289 Å². The van der Waals surface area contributed by atoms with Crippen molar-refractivity contribution in [2.75, 3.05) is 23.5 Å². The number of amides is 15. The molecule has 44 nitrogen and oxygen atoms in total. The van der Waals surface area contributed by atoms with E-state index in [0.717, 1.165) is 0 Å². The SMILES string of the molecule is CSCC[C@H](NC(=O)[C@H](CC(C)C)NC(=O)[C@H](CC(C)C)NC(=O)[C@H](Cc1ccc(O)cc1)NC(=O)[C@H](CC(C)C)NC(=O)[C@H](CC(=O)O)NC(=O)[C@@H](NC(=O)[C@H](CCC(=O)O)NC(=O)[C@H](CC(=O)O)NC(=O)[C@H](CC(N)=O)NC(=O)[C@H](CS)NC(=O)[C@@H](NC(=O)[C@@H](N)CCC(=O)O)C(C)C)C(C)C)C(=O)N[C@@H](CC(=O)O)C(=O)N[C@@H](CS)C(=O)O. The molecule has 0 heterocycles. The Labute approximate surface area is 712 Å². The second kappa shape index (κ2) is 54.2. The molecule has 0 radical (unpaired) electrons. The molecule has 0 unspecified atom stereocenters. The minimum atomic E-state index is -2.25. The van der Waals surface area contributed by atoms with Gasteiger partial charge in [0.05, 0.1) is 31.7 Å². The van der Waals surface area contributed by atoms with Gasteiger partial charge in [-0.2, -0.15) is 37.0 Å². The minimum Gasteiger partial charge on any atom is -0.508 e. The Hall–Kier alpha value is -11.1. The third-order valence-corrected chi connectivity index (χ3v) is 19.1. The number of carboxylic acid groups (broad SMARTS) is 6. The van der Waals surface area contributed by atoms with Gasteiger partial charge in [0.15, 0.2) is 0 Å². The molecule has 0 saturated heterocycles. The first kappa shape index (κ1) is 108. The Morgan fingerprint density at radius 1 is 0.339 bits per heavy atom. The number of aliphatic carboxylic acids is 6. The topological polar surface area (TPSA) is 721 Å². The van der Waals surface area contributed by atoms with Gasteiger partial charge in [0.25, 0.3) is 0 Å². The average molecular weight is 1770 g/mol. The lowest BCUT2D eigenvalue weighted by Crippen LogP contribution is -2.62. The van der Waals surface area contributed by atoms with E-state index in [0.29, 0.717) is 5.56 Å². The second-order valence-electron chi connectivity index (χ2n) is 30.4. The summed E-state index contributed by atoms with van der Waals surface area (Å²) in [4.78, 5) is 280. The van der Waals surface area contributed by atoms with Crippen LogP contribution in [0, 0.1) is 29.6 Å². The van der Waals surface area contributed by atoms with E-state index in [-0.39, 0.29) is 61.9 Å². The fraction of sp³-hybridized carbons (Fsp3) is 0.635. The van der Waals surface area contributed by atoms with Crippen LogP contribution in [-0.2, 0) is 107 Å². The Morgan fingerprint density at radius 2 is 0.620 bits per heavy atom. The van der Waals surface area contributed by atoms with Crippen LogP contribution in [0.1, 0.15) is 152 Å².